The molecule has 2 fully saturated rings. The number of nitrogens with zero attached hydrogens (tertiary/aromatic N) is 2. The van der Waals surface area contributed by atoms with Crippen LogP contribution < -0.4 is 0 Å². The number of aromatic nitrogens is 1. The first kappa shape index (κ1) is 19.7. The van der Waals surface area contributed by atoms with E-state index in [4.69, 9.17) is 4.74 Å². The molecule has 2 bridgehead atoms. The molecule has 1 aromatic heterocycles. The molecule has 1 amide bonds. The number of carbonyl (C=O) groups is 2. The molecule has 3 heterocycles. The predicted molar refractivity (Wildman–Crippen MR) is 119 cm³/mol. The van der Waals surface area contributed by atoms with Crippen molar-refractivity contribution < 1.29 is 14.3 Å². The van der Waals surface area contributed by atoms with E-state index in [1.165, 1.54) is 0 Å². The van der Waals surface area contributed by atoms with E-state index in [0.717, 1.165) is 41.2 Å². The lowest BCUT2D eigenvalue weighted by atomic mass is 9.75. The zero-order valence-electron chi connectivity index (χ0n) is 17.4. The number of hydrogen-bond donors (Lipinski definition) is 0. The van der Waals surface area contributed by atoms with Gasteiger partial charge in [-0.15, -0.1) is 0 Å². The van der Waals surface area contributed by atoms with E-state index in [-0.39, 0.29) is 36.5 Å². The molecule has 2 unspecified atom stereocenters. The lowest BCUT2D eigenvalue weighted by Gasteiger charge is -2.47. The molecule has 0 aliphatic carbocycles. The van der Waals surface area contributed by atoms with Crippen LogP contribution in [0.15, 0.2) is 67.0 Å². The van der Waals surface area contributed by atoms with Gasteiger partial charge in [-0.1, -0.05) is 48.5 Å². The Hall–Kier alpha value is -3.21. The van der Waals surface area contributed by atoms with Crippen LogP contribution in [0.5, 0.6) is 0 Å². The largest absolute Gasteiger partial charge is 0.445 e. The van der Waals surface area contributed by atoms with Crippen LogP contribution in [0.4, 0.5) is 4.79 Å². The molecular weight excluding hydrogens is 388 g/mol. The maximum atomic E-state index is 13.5. The average Bonchev–Trinajstić information content (AvgIpc) is 2.81. The van der Waals surface area contributed by atoms with Crippen molar-refractivity contribution in [3.05, 3.63) is 78.1 Å². The Balaban J connectivity index is 1.31. The van der Waals surface area contributed by atoms with Gasteiger partial charge < -0.3 is 9.64 Å². The van der Waals surface area contributed by atoms with Crippen LogP contribution >= 0.6 is 0 Å². The number of pyridine rings is 1. The molecule has 2 aliphatic rings. The van der Waals surface area contributed by atoms with Crippen LogP contribution in [-0.4, -0.2) is 33.8 Å². The molecule has 0 radical (unpaired) electrons. The second kappa shape index (κ2) is 8.50. The SMILES string of the molecule is O=C(c1cccc2ccncc12)C1CC2CCCC(C1)N2C(=O)OCc1ccccc1. The molecule has 2 atom stereocenters. The summed E-state index contributed by atoms with van der Waals surface area (Å²) in [5, 5.41) is 1.94. The number of piperidine rings is 2. The van der Waals surface area contributed by atoms with Gasteiger partial charge in [-0.05, 0) is 49.1 Å². The molecule has 2 aromatic carbocycles. The Bertz CT molecular complexity index is 1080. The summed E-state index contributed by atoms with van der Waals surface area (Å²) in [4.78, 5) is 32.5. The Labute approximate surface area is 182 Å². The number of rotatable bonds is 4. The van der Waals surface area contributed by atoms with Gasteiger partial charge >= 0.3 is 6.09 Å². The summed E-state index contributed by atoms with van der Waals surface area (Å²) in [5.74, 6) is 0.104. The topological polar surface area (TPSA) is 59.5 Å². The van der Waals surface area contributed by atoms with Gasteiger partial charge in [0.2, 0.25) is 0 Å². The molecule has 2 aliphatic heterocycles. The van der Waals surface area contributed by atoms with E-state index >= 15 is 0 Å². The molecule has 5 heteroatoms. The van der Waals surface area contributed by atoms with Crippen molar-refractivity contribution in [3.8, 4) is 0 Å². The standard InChI is InChI=1S/C26H26N2O3/c29-25(23-11-4-8-19-12-13-27-16-24(19)23)20-14-21-9-5-10-22(15-20)28(21)26(30)31-17-18-6-2-1-3-7-18/h1-4,6-8,11-13,16,20-22H,5,9-10,14-15,17H2. The lowest BCUT2D eigenvalue weighted by molar-refractivity contribution is 0.00476. The van der Waals surface area contributed by atoms with E-state index in [1.807, 2.05) is 59.5 Å². The summed E-state index contributed by atoms with van der Waals surface area (Å²) in [6.07, 6.45) is 7.63. The molecular formula is C26H26N2O3. The van der Waals surface area contributed by atoms with E-state index in [2.05, 4.69) is 4.98 Å². The summed E-state index contributed by atoms with van der Waals surface area (Å²) in [7, 11) is 0. The molecule has 0 spiro atoms. The van der Waals surface area contributed by atoms with Gasteiger partial charge in [0.25, 0.3) is 0 Å². The van der Waals surface area contributed by atoms with Crippen LogP contribution in [0.2, 0.25) is 0 Å². The van der Waals surface area contributed by atoms with Crippen molar-refractivity contribution in [3.63, 3.8) is 0 Å². The van der Waals surface area contributed by atoms with E-state index < -0.39 is 0 Å². The number of ether oxygens (including phenoxy) is 1. The zero-order valence-corrected chi connectivity index (χ0v) is 17.4. The first-order chi connectivity index (χ1) is 15.2. The smallest absolute Gasteiger partial charge is 0.410 e. The van der Waals surface area contributed by atoms with Gasteiger partial charge in [0.05, 0.1) is 0 Å². The minimum absolute atomic E-state index is 0.0674. The summed E-state index contributed by atoms with van der Waals surface area (Å²) < 4.78 is 5.64. The van der Waals surface area contributed by atoms with Gasteiger partial charge in [-0.2, -0.15) is 0 Å². The molecule has 31 heavy (non-hydrogen) atoms. The normalized spacial score (nSPS) is 22.8. The summed E-state index contributed by atoms with van der Waals surface area (Å²) >= 11 is 0. The Morgan fingerprint density at radius 2 is 1.74 bits per heavy atom. The summed E-state index contributed by atoms with van der Waals surface area (Å²) in [6, 6.07) is 17.7. The Kier molecular flexibility index (Phi) is 5.41. The van der Waals surface area contributed by atoms with Gasteiger partial charge in [-0.3, -0.25) is 9.78 Å². The lowest BCUT2D eigenvalue weighted by Crippen LogP contribution is -2.55. The van der Waals surface area contributed by atoms with Crippen molar-refractivity contribution in [2.24, 2.45) is 5.92 Å². The van der Waals surface area contributed by atoms with Crippen molar-refractivity contribution in [1.82, 2.24) is 9.88 Å². The first-order valence-corrected chi connectivity index (χ1v) is 11.1. The third-order valence-electron chi connectivity index (χ3n) is 6.71. The van der Waals surface area contributed by atoms with Gasteiger partial charge in [-0.25, -0.2) is 4.79 Å². The van der Waals surface area contributed by atoms with Gasteiger partial charge in [0.15, 0.2) is 5.78 Å². The Morgan fingerprint density at radius 3 is 2.52 bits per heavy atom. The minimum Gasteiger partial charge on any atom is -0.445 e. The molecule has 5 nitrogen and oxygen atoms in total. The number of carbonyl (C=O) groups excluding carboxylic acids is 2. The van der Waals surface area contributed by atoms with Crippen LogP contribution in [0.3, 0.4) is 0 Å². The summed E-state index contributed by atoms with van der Waals surface area (Å²) in [5.41, 5.74) is 1.73. The van der Waals surface area contributed by atoms with Gasteiger partial charge in [0.1, 0.15) is 6.61 Å². The van der Waals surface area contributed by atoms with Crippen LogP contribution in [0.25, 0.3) is 10.8 Å². The maximum Gasteiger partial charge on any atom is 0.410 e. The summed E-state index contributed by atoms with van der Waals surface area (Å²) in [6.45, 7) is 0.279. The number of Topliss-reactive ketones (excluding diaryl/α,β-unsaturated/α-hetero) is 1. The number of benzene rings is 2. The fraction of sp³-hybridized carbons (Fsp3) is 0.346. The van der Waals surface area contributed by atoms with Gasteiger partial charge in [0, 0.05) is 41.3 Å². The first-order valence-electron chi connectivity index (χ1n) is 11.1. The highest BCUT2D eigenvalue weighted by atomic mass is 16.6. The molecule has 0 saturated carbocycles. The van der Waals surface area contributed by atoms with E-state index in [1.54, 1.807) is 12.4 Å². The third-order valence-corrected chi connectivity index (χ3v) is 6.71. The van der Waals surface area contributed by atoms with E-state index in [0.29, 0.717) is 12.8 Å². The highest BCUT2D eigenvalue weighted by Crippen LogP contribution is 2.39. The van der Waals surface area contributed by atoms with Crippen molar-refractivity contribution >= 4 is 22.6 Å². The number of amides is 1. The number of ketones is 1. The monoisotopic (exact) mass is 414 g/mol. The zero-order chi connectivity index (χ0) is 21.2. The highest BCUT2D eigenvalue weighted by molar-refractivity contribution is 6.09. The van der Waals surface area contributed by atoms with E-state index in [9.17, 15) is 9.59 Å². The average molecular weight is 415 g/mol. The quantitative estimate of drug-likeness (QED) is 0.537. The van der Waals surface area contributed by atoms with Crippen LogP contribution in [0, 0.1) is 5.92 Å². The molecule has 5 rings (SSSR count). The van der Waals surface area contributed by atoms with Crippen molar-refractivity contribution in [2.45, 2.75) is 50.8 Å². The second-order valence-electron chi connectivity index (χ2n) is 8.62. The molecule has 0 N–H and O–H groups in total. The highest BCUT2D eigenvalue weighted by Gasteiger charge is 2.43. The molecule has 158 valence electrons. The van der Waals surface area contributed by atoms with Crippen LogP contribution in [-0.2, 0) is 11.3 Å². The predicted octanol–water partition coefficient (Wildman–Crippen LogP) is 5.39. The fourth-order valence-corrected chi connectivity index (χ4v) is 5.24. The number of hydrogen-bond acceptors (Lipinski definition) is 4. The fourth-order valence-electron chi connectivity index (χ4n) is 5.24. The molecule has 2 saturated heterocycles. The van der Waals surface area contributed by atoms with Crippen LogP contribution in [0.1, 0.15) is 48.0 Å². The third kappa shape index (κ3) is 3.92. The maximum absolute atomic E-state index is 13.5. The molecule has 3 aromatic rings. The second-order valence-corrected chi connectivity index (χ2v) is 8.62. The minimum atomic E-state index is -0.251. The Morgan fingerprint density at radius 1 is 0.968 bits per heavy atom. The van der Waals surface area contributed by atoms with Crippen molar-refractivity contribution in [2.75, 3.05) is 0 Å². The number of fused-ring (bicyclic) bond motifs is 3. The van der Waals surface area contributed by atoms with Crippen molar-refractivity contribution in [1.29, 1.82) is 0 Å².